The first-order chi connectivity index (χ1) is 12.7. The van der Waals surface area contributed by atoms with E-state index >= 15 is 0 Å². The van der Waals surface area contributed by atoms with Crippen molar-refractivity contribution in [2.45, 2.75) is 33.2 Å². The van der Waals surface area contributed by atoms with Crippen LogP contribution in [-0.2, 0) is 6.54 Å². The Hall–Kier alpha value is -2.87. The highest BCUT2D eigenvalue weighted by Gasteiger charge is 2.21. The van der Waals surface area contributed by atoms with Gasteiger partial charge in [-0.25, -0.2) is 0 Å². The second-order valence-electron chi connectivity index (χ2n) is 6.84. The predicted octanol–water partition coefficient (Wildman–Crippen LogP) is 6.13. The molecular weight excluding hydrogens is 318 g/mol. The van der Waals surface area contributed by atoms with Crippen LogP contribution < -0.4 is 0 Å². The summed E-state index contributed by atoms with van der Waals surface area (Å²) in [4.78, 5) is 13.6. The number of aromatic nitrogens is 1. The third kappa shape index (κ3) is 2.62. The lowest BCUT2D eigenvalue weighted by molar-refractivity contribution is 0.104. The number of carbonyl (C=O) groups is 1. The van der Waals surface area contributed by atoms with Crippen LogP contribution in [0.2, 0.25) is 0 Å². The molecule has 0 fully saturated rings. The standard InChI is InChI=1S/C24H23NO/c1-3-4-16-25-17(2)23(21-13-7-8-15-22(21)25)24(26)20-14-9-11-18-10-5-6-12-19(18)20/h5-15H,3-4,16H2,1-2H3. The van der Waals surface area contributed by atoms with Gasteiger partial charge in [0.2, 0.25) is 0 Å². The Kier molecular flexibility index (Phi) is 4.34. The van der Waals surface area contributed by atoms with Crippen LogP contribution in [0.5, 0.6) is 0 Å². The van der Waals surface area contributed by atoms with Gasteiger partial charge in [-0.2, -0.15) is 0 Å². The number of benzene rings is 3. The first-order valence-electron chi connectivity index (χ1n) is 9.32. The van der Waals surface area contributed by atoms with E-state index in [1.165, 1.54) is 0 Å². The van der Waals surface area contributed by atoms with Crippen LogP contribution >= 0.6 is 0 Å². The largest absolute Gasteiger partial charge is 0.344 e. The van der Waals surface area contributed by atoms with Gasteiger partial charge in [0.15, 0.2) is 5.78 Å². The van der Waals surface area contributed by atoms with Gasteiger partial charge in [-0.05, 0) is 30.2 Å². The van der Waals surface area contributed by atoms with Crippen molar-refractivity contribution in [2.24, 2.45) is 0 Å². The summed E-state index contributed by atoms with van der Waals surface area (Å²) in [7, 11) is 0. The van der Waals surface area contributed by atoms with E-state index in [-0.39, 0.29) is 5.78 Å². The number of hydrogen-bond acceptors (Lipinski definition) is 1. The molecule has 3 aromatic carbocycles. The number of aryl methyl sites for hydroxylation is 1. The van der Waals surface area contributed by atoms with Gasteiger partial charge in [-0.1, -0.05) is 74.0 Å². The molecular formula is C24H23NO. The lowest BCUT2D eigenvalue weighted by Crippen LogP contribution is -2.06. The topological polar surface area (TPSA) is 22.0 Å². The Morgan fingerprint density at radius 2 is 1.58 bits per heavy atom. The van der Waals surface area contributed by atoms with Crippen LogP contribution in [0.3, 0.4) is 0 Å². The molecule has 26 heavy (non-hydrogen) atoms. The van der Waals surface area contributed by atoms with E-state index in [1.54, 1.807) is 0 Å². The summed E-state index contributed by atoms with van der Waals surface area (Å²) < 4.78 is 2.30. The minimum atomic E-state index is 0.116. The van der Waals surface area contributed by atoms with Gasteiger partial charge in [0.25, 0.3) is 0 Å². The summed E-state index contributed by atoms with van der Waals surface area (Å²) in [6.45, 7) is 5.23. The summed E-state index contributed by atoms with van der Waals surface area (Å²) >= 11 is 0. The van der Waals surface area contributed by atoms with Crippen molar-refractivity contribution in [2.75, 3.05) is 0 Å². The maximum atomic E-state index is 13.6. The molecule has 130 valence electrons. The maximum Gasteiger partial charge on any atom is 0.196 e. The van der Waals surface area contributed by atoms with E-state index in [9.17, 15) is 4.79 Å². The van der Waals surface area contributed by atoms with E-state index < -0.39 is 0 Å². The van der Waals surface area contributed by atoms with Crippen LogP contribution in [0.25, 0.3) is 21.7 Å². The Morgan fingerprint density at radius 3 is 2.38 bits per heavy atom. The van der Waals surface area contributed by atoms with Crippen LogP contribution in [-0.4, -0.2) is 10.4 Å². The lowest BCUT2D eigenvalue weighted by atomic mass is 9.95. The van der Waals surface area contributed by atoms with E-state index in [2.05, 4.69) is 48.7 Å². The molecule has 0 amide bonds. The number of nitrogens with zero attached hydrogens (tertiary/aromatic N) is 1. The van der Waals surface area contributed by atoms with Crippen LogP contribution in [0.1, 0.15) is 41.4 Å². The first kappa shape index (κ1) is 16.6. The van der Waals surface area contributed by atoms with Crippen LogP contribution in [0.15, 0.2) is 66.7 Å². The zero-order chi connectivity index (χ0) is 18.1. The average Bonchev–Trinajstić information content (AvgIpc) is 2.96. The smallest absolute Gasteiger partial charge is 0.196 e. The number of para-hydroxylation sites is 1. The van der Waals surface area contributed by atoms with Crippen molar-refractivity contribution in [1.29, 1.82) is 0 Å². The quantitative estimate of drug-likeness (QED) is 0.400. The van der Waals surface area contributed by atoms with Gasteiger partial charge in [-0.3, -0.25) is 4.79 Å². The Balaban J connectivity index is 1.94. The molecule has 4 rings (SSSR count). The predicted molar refractivity (Wildman–Crippen MR) is 109 cm³/mol. The number of carbonyl (C=O) groups excluding carboxylic acids is 1. The van der Waals surface area contributed by atoms with Gasteiger partial charge in [0, 0.05) is 28.7 Å². The summed E-state index contributed by atoms with van der Waals surface area (Å²) in [6.07, 6.45) is 2.25. The zero-order valence-electron chi connectivity index (χ0n) is 15.3. The molecule has 0 aliphatic carbocycles. The fraction of sp³-hybridized carbons (Fsp3) is 0.208. The van der Waals surface area contributed by atoms with Crippen molar-refractivity contribution in [3.05, 3.63) is 83.6 Å². The SMILES string of the molecule is CCCCn1c(C)c(C(=O)c2cccc3ccccc23)c2ccccc21. The third-order valence-electron chi connectivity index (χ3n) is 5.23. The molecule has 0 spiro atoms. The summed E-state index contributed by atoms with van der Waals surface area (Å²) in [5.41, 5.74) is 3.84. The highest BCUT2D eigenvalue weighted by molar-refractivity contribution is 6.22. The molecule has 2 heteroatoms. The van der Waals surface area contributed by atoms with Gasteiger partial charge in [0.05, 0.1) is 5.56 Å². The molecule has 0 unspecified atom stereocenters. The van der Waals surface area contributed by atoms with Crippen LogP contribution in [0.4, 0.5) is 0 Å². The number of hydrogen-bond donors (Lipinski definition) is 0. The number of fused-ring (bicyclic) bond motifs is 2. The second-order valence-corrected chi connectivity index (χ2v) is 6.84. The summed E-state index contributed by atoms with van der Waals surface area (Å²) in [5, 5.41) is 3.18. The second kappa shape index (κ2) is 6.80. The number of ketones is 1. The van der Waals surface area contributed by atoms with Crippen molar-refractivity contribution < 1.29 is 4.79 Å². The van der Waals surface area contributed by atoms with Gasteiger partial charge < -0.3 is 4.57 Å². The van der Waals surface area contributed by atoms with E-state index in [1.807, 2.05) is 36.4 Å². The minimum absolute atomic E-state index is 0.116. The van der Waals surface area contributed by atoms with E-state index in [4.69, 9.17) is 0 Å². The molecule has 0 saturated heterocycles. The normalized spacial score (nSPS) is 11.3. The molecule has 0 atom stereocenters. The molecule has 2 nitrogen and oxygen atoms in total. The Labute approximate surface area is 154 Å². The first-order valence-corrected chi connectivity index (χ1v) is 9.32. The Bertz CT molecular complexity index is 1100. The fourth-order valence-electron chi connectivity index (χ4n) is 3.88. The van der Waals surface area contributed by atoms with Gasteiger partial charge >= 0.3 is 0 Å². The van der Waals surface area contributed by atoms with Crippen LogP contribution in [0, 0.1) is 6.92 Å². The molecule has 0 saturated carbocycles. The fourth-order valence-corrected chi connectivity index (χ4v) is 3.88. The van der Waals surface area contributed by atoms with Crippen molar-refractivity contribution in [3.63, 3.8) is 0 Å². The van der Waals surface area contributed by atoms with E-state index in [0.29, 0.717) is 0 Å². The minimum Gasteiger partial charge on any atom is -0.344 e. The van der Waals surface area contributed by atoms with E-state index in [0.717, 1.165) is 57.9 Å². The van der Waals surface area contributed by atoms with Gasteiger partial charge in [0.1, 0.15) is 0 Å². The number of unbranched alkanes of at least 4 members (excludes halogenated alkanes) is 1. The highest BCUT2D eigenvalue weighted by atomic mass is 16.1. The third-order valence-corrected chi connectivity index (χ3v) is 5.23. The van der Waals surface area contributed by atoms with Crippen molar-refractivity contribution >= 4 is 27.5 Å². The molecule has 0 bridgehead atoms. The molecule has 0 radical (unpaired) electrons. The van der Waals surface area contributed by atoms with Crippen molar-refractivity contribution in [3.8, 4) is 0 Å². The maximum absolute atomic E-state index is 13.6. The Morgan fingerprint density at radius 1 is 0.885 bits per heavy atom. The molecule has 1 aromatic heterocycles. The molecule has 0 aliphatic heterocycles. The lowest BCUT2D eigenvalue weighted by Gasteiger charge is -2.09. The number of rotatable bonds is 5. The summed E-state index contributed by atoms with van der Waals surface area (Å²) in [6, 6.07) is 22.3. The average molecular weight is 341 g/mol. The zero-order valence-corrected chi connectivity index (χ0v) is 15.3. The molecule has 4 aromatic rings. The molecule has 0 aliphatic rings. The highest BCUT2D eigenvalue weighted by Crippen LogP contribution is 2.30. The van der Waals surface area contributed by atoms with Gasteiger partial charge in [-0.15, -0.1) is 0 Å². The summed E-state index contributed by atoms with van der Waals surface area (Å²) in [5.74, 6) is 0.116. The molecule has 1 heterocycles. The monoisotopic (exact) mass is 341 g/mol. The molecule has 0 N–H and O–H groups in total. The van der Waals surface area contributed by atoms with Crippen molar-refractivity contribution in [1.82, 2.24) is 4.57 Å².